The average Bonchev–Trinajstić information content (AvgIpc) is 2.81. The van der Waals surface area contributed by atoms with E-state index in [4.69, 9.17) is 5.84 Å². The number of nitrogens with two attached hydrogens (primary N) is 1. The van der Waals surface area contributed by atoms with Gasteiger partial charge in [0.1, 0.15) is 0 Å². The molecule has 96 valence electrons. The Labute approximate surface area is 112 Å². The summed E-state index contributed by atoms with van der Waals surface area (Å²) in [5, 5.41) is 2.11. The van der Waals surface area contributed by atoms with Crippen LogP contribution in [0.1, 0.15) is 34.3 Å². The summed E-state index contributed by atoms with van der Waals surface area (Å²) in [6.45, 7) is 4.03. The molecule has 2 rings (SSSR count). The fourth-order valence-electron chi connectivity index (χ4n) is 2.16. The van der Waals surface area contributed by atoms with Crippen LogP contribution in [-0.4, -0.2) is 4.98 Å². The number of rotatable bonds is 5. The van der Waals surface area contributed by atoms with Crippen LogP contribution in [0.5, 0.6) is 0 Å². The summed E-state index contributed by atoms with van der Waals surface area (Å²) in [4.78, 5) is 5.80. The van der Waals surface area contributed by atoms with Crippen LogP contribution >= 0.6 is 11.3 Å². The second-order valence-corrected chi connectivity index (χ2v) is 5.55. The summed E-state index contributed by atoms with van der Waals surface area (Å²) < 4.78 is 0. The molecule has 0 aliphatic carbocycles. The Morgan fingerprint density at radius 1 is 1.33 bits per heavy atom. The van der Waals surface area contributed by atoms with Crippen LogP contribution in [0.3, 0.4) is 0 Å². The lowest BCUT2D eigenvalue weighted by molar-refractivity contribution is 0.517. The molecule has 0 saturated heterocycles. The minimum atomic E-state index is 0.187. The molecule has 0 fully saturated rings. The monoisotopic (exact) mass is 261 g/mol. The molecular formula is C14H19N3S. The van der Waals surface area contributed by atoms with Gasteiger partial charge in [0.05, 0.1) is 0 Å². The molecular weight excluding hydrogens is 242 g/mol. The number of hydrazine groups is 1. The summed E-state index contributed by atoms with van der Waals surface area (Å²) >= 11 is 1.80. The SMILES string of the molecule is Cc1cc(C(CCc2cccs2)NN)cc(C)n1. The second kappa shape index (κ2) is 6.09. The van der Waals surface area contributed by atoms with E-state index in [0.717, 1.165) is 24.2 Å². The first-order valence-electron chi connectivity index (χ1n) is 6.12. The maximum Gasteiger partial charge on any atom is 0.0464 e. The molecule has 0 aliphatic heterocycles. The van der Waals surface area contributed by atoms with Crippen molar-refractivity contribution in [1.82, 2.24) is 10.4 Å². The van der Waals surface area contributed by atoms with E-state index >= 15 is 0 Å². The molecule has 1 atom stereocenters. The molecule has 0 spiro atoms. The molecule has 2 aromatic heterocycles. The van der Waals surface area contributed by atoms with Crippen LogP contribution in [0, 0.1) is 13.8 Å². The molecule has 0 amide bonds. The van der Waals surface area contributed by atoms with E-state index in [-0.39, 0.29) is 6.04 Å². The zero-order chi connectivity index (χ0) is 13.0. The zero-order valence-corrected chi connectivity index (χ0v) is 11.6. The minimum Gasteiger partial charge on any atom is -0.271 e. The first-order chi connectivity index (χ1) is 8.69. The summed E-state index contributed by atoms with van der Waals surface area (Å²) in [5.74, 6) is 5.68. The van der Waals surface area contributed by atoms with Gasteiger partial charge in [-0.05, 0) is 55.8 Å². The third-order valence-electron chi connectivity index (χ3n) is 2.97. The van der Waals surface area contributed by atoms with E-state index in [1.54, 1.807) is 11.3 Å². The van der Waals surface area contributed by atoms with Crippen molar-refractivity contribution in [3.05, 3.63) is 51.5 Å². The van der Waals surface area contributed by atoms with E-state index in [2.05, 4.69) is 40.1 Å². The highest BCUT2D eigenvalue weighted by Crippen LogP contribution is 2.21. The first-order valence-corrected chi connectivity index (χ1v) is 7.00. The van der Waals surface area contributed by atoms with Crippen LogP contribution in [-0.2, 0) is 6.42 Å². The molecule has 2 heterocycles. The van der Waals surface area contributed by atoms with Crippen LogP contribution in [0.4, 0.5) is 0 Å². The van der Waals surface area contributed by atoms with Crippen LogP contribution in [0.15, 0.2) is 29.6 Å². The highest BCUT2D eigenvalue weighted by atomic mass is 32.1. The van der Waals surface area contributed by atoms with E-state index in [1.807, 2.05) is 13.8 Å². The quantitative estimate of drug-likeness (QED) is 0.643. The Morgan fingerprint density at radius 2 is 2.06 bits per heavy atom. The summed E-state index contributed by atoms with van der Waals surface area (Å²) in [5.41, 5.74) is 6.22. The molecule has 0 aromatic carbocycles. The highest BCUT2D eigenvalue weighted by molar-refractivity contribution is 7.09. The van der Waals surface area contributed by atoms with Gasteiger partial charge < -0.3 is 0 Å². The van der Waals surface area contributed by atoms with Gasteiger partial charge in [-0.2, -0.15) is 0 Å². The number of nitrogens with zero attached hydrogens (tertiary/aromatic N) is 1. The van der Waals surface area contributed by atoms with Gasteiger partial charge in [-0.15, -0.1) is 11.3 Å². The molecule has 1 unspecified atom stereocenters. The van der Waals surface area contributed by atoms with Crippen LogP contribution in [0.25, 0.3) is 0 Å². The Kier molecular flexibility index (Phi) is 4.47. The summed E-state index contributed by atoms with van der Waals surface area (Å²) in [6.07, 6.45) is 2.05. The Bertz CT molecular complexity index is 473. The summed E-state index contributed by atoms with van der Waals surface area (Å²) in [6, 6.07) is 8.65. The molecule has 0 saturated carbocycles. The lowest BCUT2D eigenvalue weighted by Gasteiger charge is -2.17. The van der Waals surface area contributed by atoms with Crippen molar-refractivity contribution in [3.8, 4) is 0 Å². The fraction of sp³-hybridized carbons (Fsp3) is 0.357. The second-order valence-electron chi connectivity index (χ2n) is 4.52. The Hall–Kier alpha value is -1.23. The molecule has 3 nitrogen and oxygen atoms in total. The molecule has 3 N–H and O–H groups in total. The predicted molar refractivity (Wildman–Crippen MR) is 76.4 cm³/mol. The third-order valence-corrected chi connectivity index (χ3v) is 3.90. The maximum absolute atomic E-state index is 5.68. The lowest BCUT2D eigenvalue weighted by Crippen LogP contribution is -2.28. The van der Waals surface area contributed by atoms with Gasteiger partial charge >= 0.3 is 0 Å². The van der Waals surface area contributed by atoms with Gasteiger partial charge in [0, 0.05) is 22.3 Å². The van der Waals surface area contributed by atoms with E-state index < -0.39 is 0 Å². The Balaban J connectivity index is 2.07. The van der Waals surface area contributed by atoms with E-state index in [1.165, 1.54) is 10.4 Å². The normalized spacial score (nSPS) is 12.6. The summed E-state index contributed by atoms with van der Waals surface area (Å²) in [7, 11) is 0. The number of thiophene rings is 1. The largest absolute Gasteiger partial charge is 0.271 e. The molecule has 4 heteroatoms. The third kappa shape index (κ3) is 3.38. The topological polar surface area (TPSA) is 50.9 Å². The van der Waals surface area contributed by atoms with Gasteiger partial charge in [0.15, 0.2) is 0 Å². The smallest absolute Gasteiger partial charge is 0.0464 e. The van der Waals surface area contributed by atoms with Gasteiger partial charge in [-0.1, -0.05) is 6.07 Å². The van der Waals surface area contributed by atoms with Crippen molar-refractivity contribution in [1.29, 1.82) is 0 Å². The van der Waals surface area contributed by atoms with E-state index in [0.29, 0.717) is 0 Å². The Morgan fingerprint density at radius 3 is 2.61 bits per heavy atom. The number of hydrogen-bond acceptors (Lipinski definition) is 4. The van der Waals surface area contributed by atoms with Crippen molar-refractivity contribution in [2.45, 2.75) is 32.7 Å². The average molecular weight is 261 g/mol. The van der Waals surface area contributed by atoms with Crippen molar-refractivity contribution in [2.24, 2.45) is 5.84 Å². The predicted octanol–water partition coefficient (Wildman–Crippen LogP) is 2.90. The van der Waals surface area contributed by atoms with Crippen molar-refractivity contribution in [2.75, 3.05) is 0 Å². The van der Waals surface area contributed by atoms with Gasteiger partial charge in [-0.3, -0.25) is 16.3 Å². The van der Waals surface area contributed by atoms with Crippen molar-refractivity contribution in [3.63, 3.8) is 0 Å². The lowest BCUT2D eigenvalue weighted by atomic mass is 10.0. The number of hydrogen-bond donors (Lipinski definition) is 2. The molecule has 18 heavy (non-hydrogen) atoms. The van der Waals surface area contributed by atoms with Crippen LogP contribution < -0.4 is 11.3 Å². The number of aryl methyl sites for hydroxylation is 3. The number of nitrogens with one attached hydrogen (secondary N) is 1. The number of pyridine rings is 1. The molecule has 0 aliphatic rings. The maximum atomic E-state index is 5.68. The standard InChI is InChI=1S/C14H19N3S/c1-10-8-12(9-11(2)16-10)14(17-15)6-5-13-4-3-7-18-13/h3-4,7-9,14,17H,5-6,15H2,1-2H3. The van der Waals surface area contributed by atoms with Crippen LogP contribution in [0.2, 0.25) is 0 Å². The molecule has 2 aromatic rings. The van der Waals surface area contributed by atoms with Crippen molar-refractivity contribution < 1.29 is 0 Å². The van der Waals surface area contributed by atoms with Gasteiger partial charge in [0.25, 0.3) is 0 Å². The van der Waals surface area contributed by atoms with E-state index in [9.17, 15) is 0 Å². The number of aromatic nitrogens is 1. The molecule has 0 radical (unpaired) electrons. The minimum absolute atomic E-state index is 0.187. The fourth-order valence-corrected chi connectivity index (χ4v) is 2.88. The van der Waals surface area contributed by atoms with Gasteiger partial charge in [0.2, 0.25) is 0 Å². The van der Waals surface area contributed by atoms with Crippen molar-refractivity contribution >= 4 is 11.3 Å². The molecule has 0 bridgehead atoms. The first kappa shape index (κ1) is 13.2. The van der Waals surface area contributed by atoms with Gasteiger partial charge in [-0.25, -0.2) is 0 Å². The highest BCUT2D eigenvalue weighted by Gasteiger charge is 2.11. The zero-order valence-electron chi connectivity index (χ0n) is 10.8.